The van der Waals surface area contributed by atoms with E-state index in [-0.39, 0.29) is 17.6 Å². The summed E-state index contributed by atoms with van der Waals surface area (Å²) in [6.45, 7) is 1.50. The van der Waals surface area contributed by atoms with Gasteiger partial charge in [-0.05, 0) is 19.8 Å². The first kappa shape index (κ1) is 10.2. The van der Waals surface area contributed by atoms with Gasteiger partial charge in [-0.1, -0.05) is 12.2 Å². The first-order valence-corrected chi connectivity index (χ1v) is 5.89. The molecule has 0 saturated carbocycles. The summed E-state index contributed by atoms with van der Waals surface area (Å²) < 4.78 is 24.1. The predicted octanol–water partition coefficient (Wildman–Crippen LogP) is 0.418. The summed E-state index contributed by atoms with van der Waals surface area (Å²) in [6.07, 6.45) is 5.07. The first-order chi connectivity index (χ1) is 6.05. The number of allylic oxidation sites excluding steroid dienone is 2. The second-order valence-electron chi connectivity index (χ2n) is 3.01. The molecule has 13 heavy (non-hydrogen) atoms. The van der Waals surface area contributed by atoms with Crippen LogP contribution in [0.15, 0.2) is 12.2 Å². The minimum atomic E-state index is -3.38. The normalized spacial score (nSPS) is 17.6. The fourth-order valence-electron chi connectivity index (χ4n) is 1.14. The highest BCUT2D eigenvalue weighted by Gasteiger charge is 2.22. The Hall–Kier alpha value is -0.840. The molecule has 0 spiro atoms. The van der Waals surface area contributed by atoms with Crippen LogP contribution in [-0.4, -0.2) is 20.1 Å². The third kappa shape index (κ3) is 2.84. The van der Waals surface area contributed by atoms with Crippen LogP contribution < -0.4 is 4.72 Å². The Kier molecular flexibility index (Phi) is 3.08. The van der Waals surface area contributed by atoms with Crippen LogP contribution in [-0.2, 0) is 14.8 Å². The van der Waals surface area contributed by atoms with E-state index in [9.17, 15) is 13.2 Å². The molecular weight excluding hydrogens is 190 g/mol. The quantitative estimate of drug-likeness (QED) is 0.676. The van der Waals surface area contributed by atoms with Gasteiger partial charge >= 0.3 is 0 Å². The number of hydrogen-bond acceptors (Lipinski definition) is 3. The van der Waals surface area contributed by atoms with Crippen LogP contribution >= 0.6 is 0 Å². The number of hydrogen-bond donors (Lipinski definition) is 1. The van der Waals surface area contributed by atoms with Crippen molar-refractivity contribution in [1.29, 1.82) is 0 Å². The maximum absolute atomic E-state index is 11.3. The van der Waals surface area contributed by atoms with Gasteiger partial charge in [-0.25, -0.2) is 8.42 Å². The molecule has 4 nitrogen and oxygen atoms in total. The lowest BCUT2D eigenvalue weighted by Gasteiger charge is -2.09. The largest absolute Gasteiger partial charge is 0.274 e. The second-order valence-corrected chi connectivity index (χ2v) is 5.02. The minimum Gasteiger partial charge on any atom is -0.274 e. The van der Waals surface area contributed by atoms with Gasteiger partial charge in [0.25, 0.3) is 0 Å². The Balaban J connectivity index is 2.51. The summed E-state index contributed by atoms with van der Waals surface area (Å²) >= 11 is 0. The molecular formula is C8H13NO3S. The maximum Gasteiger partial charge on any atom is 0.237 e. The zero-order valence-corrected chi connectivity index (χ0v) is 8.30. The van der Waals surface area contributed by atoms with Crippen molar-refractivity contribution >= 4 is 15.9 Å². The molecule has 0 aliphatic heterocycles. The van der Waals surface area contributed by atoms with Gasteiger partial charge in [0, 0.05) is 5.92 Å². The topological polar surface area (TPSA) is 63.2 Å². The van der Waals surface area contributed by atoms with Gasteiger partial charge in [0.15, 0.2) is 0 Å². The molecule has 0 aromatic heterocycles. The minimum absolute atomic E-state index is 0.0567. The molecule has 1 amide bonds. The smallest absolute Gasteiger partial charge is 0.237 e. The summed E-state index contributed by atoms with van der Waals surface area (Å²) in [5, 5.41) is 0. The van der Waals surface area contributed by atoms with Gasteiger partial charge in [0.1, 0.15) is 0 Å². The van der Waals surface area contributed by atoms with Crippen molar-refractivity contribution < 1.29 is 13.2 Å². The van der Waals surface area contributed by atoms with Crippen molar-refractivity contribution in [1.82, 2.24) is 4.72 Å². The van der Waals surface area contributed by atoms with E-state index in [2.05, 4.69) is 0 Å². The molecule has 1 aliphatic carbocycles. The predicted molar refractivity (Wildman–Crippen MR) is 49.5 cm³/mol. The number of rotatable bonds is 3. The molecule has 0 bridgehead atoms. The zero-order chi connectivity index (χ0) is 9.90. The van der Waals surface area contributed by atoms with Crippen LogP contribution in [0.5, 0.6) is 0 Å². The lowest BCUT2D eigenvalue weighted by molar-refractivity contribution is -0.122. The lowest BCUT2D eigenvalue weighted by Crippen LogP contribution is -2.35. The second kappa shape index (κ2) is 3.91. The number of sulfonamides is 1. The number of nitrogens with one attached hydrogen (secondary N) is 1. The van der Waals surface area contributed by atoms with Gasteiger partial charge in [0.2, 0.25) is 15.9 Å². The van der Waals surface area contributed by atoms with E-state index in [0.717, 1.165) is 0 Å². The van der Waals surface area contributed by atoms with Crippen molar-refractivity contribution in [2.45, 2.75) is 19.8 Å². The van der Waals surface area contributed by atoms with Gasteiger partial charge < -0.3 is 0 Å². The standard InChI is InChI=1S/C8H13NO3S/c1-2-13(11,12)9-8(10)7-5-3-4-6-7/h3-4,7H,2,5-6H2,1H3,(H,9,10). The molecule has 0 unspecified atom stereocenters. The summed E-state index contributed by atoms with van der Waals surface area (Å²) in [6, 6.07) is 0. The van der Waals surface area contributed by atoms with Crippen molar-refractivity contribution in [3.8, 4) is 0 Å². The van der Waals surface area contributed by atoms with Gasteiger partial charge in [-0.15, -0.1) is 0 Å². The van der Waals surface area contributed by atoms with Crippen LogP contribution in [0.1, 0.15) is 19.8 Å². The maximum atomic E-state index is 11.3. The van der Waals surface area contributed by atoms with E-state index in [0.29, 0.717) is 12.8 Å². The highest BCUT2D eigenvalue weighted by Crippen LogP contribution is 2.17. The monoisotopic (exact) mass is 203 g/mol. The average molecular weight is 203 g/mol. The molecule has 0 saturated heterocycles. The van der Waals surface area contributed by atoms with E-state index < -0.39 is 10.0 Å². The van der Waals surface area contributed by atoms with Crippen LogP contribution in [0, 0.1) is 5.92 Å². The SMILES string of the molecule is CCS(=O)(=O)NC(=O)C1CC=CC1. The van der Waals surface area contributed by atoms with Crippen LogP contribution in [0.3, 0.4) is 0 Å². The van der Waals surface area contributed by atoms with Crippen LogP contribution in [0.2, 0.25) is 0 Å². The average Bonchev–Trinajstić information content (AvgIpc) is 2.55. The molecule has 1 N–H and O–H groups in total. The zero-order valence-electron chi connectivity index (χ0n) is 7.49. The molecule has 1 aliphatic rings. The molecule has 74 valence electrons. The van der Waals surface area contributed by atoms with Crippen molar-refractivity contribution in [3.63, 3.8) is 0 Å². The van der Waals surface area contributed by atoms with E-state index in [4.69, 9.17) is 0 Å². The highest BCUT2D eigenvalue weighted by atomic mass is 32.2. The van der Waals surface area contributed by atoms with Gasteiger partial charge in [-0.2, -0.15) is 0 Å². The molecule has 1 rings (SSSR count). The van der Waals surface area contributed by atoms with E-state index in [1.165, 1.54) is 6.92 Å². The molecule has 0 aromatic carbocycles. The highest BCUT2D eigenvalue weighted by molar-refractivity contribution is 7.90. The fourth-order valence-corrected chi connectivity index (χ4v) is 1.76. The Labute approximate surface area is 78.1 Å². The third-order valence-electron chi connectivity index (χ3n) is 2.01. The van der Waals surface area contributed by atoms with Crippen molar-refractivity contribution in [2.24, 2.45) is 5.92 Å². The van der Waals surface area contributed by atoms with E-state index >= 15 is 0 Å². The Bertz CT molecular complexity index is 310. The third-order valence-corrected chi connectivity index (χ3v) is 3.29. The Morgan fingerprint density at radius 2 is 2.00 bits per heavy atom. The number of carbonyl (C=O) groups excluding carboxylic acids is 1. The number of amides is 1. The molecule has 5 heteroatoms. The van der Waals surface area contributed by atoms with Gasteiger partial charge in [-0.3, -0.25) is 9.52 Å². The molecule has 0 fully saturated rings. The van der Waals surface area contributed by atoms with E-state index in [1.54, 1.807) is 0 Å². The van der Waals surface area contributed by atoms with Crippen molar-refractivity contribution in [3.05, 3.63) is 12.2 Å². The lowest BCUT2D eigenvalue weighted by atomic mass is 10.1. The summed E-state index contributed by atoms with van der Waals surface area (Å²) in [5.41, 5.74) is 0. The van der Waals surface area contributed by atoms with Crippen LogP contribution in [0.4, 0.5) is 0 Å². The molecule has 0 heterocycles. The first-order valence-electron chi connectivity index (χ1n) is 4.24. The molecule has 0 aromatic rings. The fraction of sp³-hybridized carbons (Fsp3) is 0.625. The van der Waals surface area contributed by atoms with Gasteiger partial charge in [0.05, 0.1) is 5.75 Å². The van der Waals surface area contributed by atoms with Crippen molar-refractivity contribution in [2.75, 3.05) is 5.75 Å². The molecule has 0 atom stereocenters. The van der Waals surface area contributed by atoms with E-state index in [1.807, 2.05) is 16.9 Å². The number of carbonyl (C=O) groups is 1. The summed E-state index contributed by atoms with van der Waals surface area (Å²) in [4.78, 5) is 11.3. The van der Waals surface area contributed by atoms with Crippen LogP contribution in [0.25, 0.3) is 0 Å². The molecule has 0 radical (unpaired) electrons. The Morgan fingerprint density at radius 1 is 1.46 bits per heavy atom. The summed E-state index contributed by atoms with van der Waals surface area (Å²) in [5.74, 6) is -0.632. The Morgan fingerprint density at radius 3 is 2.46 bits per heavy atom. The summed E-state index contributed by atoms with van der Waals surface area (Å²) in [7, 11) is -3.38.